The van der Waals surface area contributed by atoms with E-state index < -0.39 is 0 Å². The number of benzene rings is 2. The van der Waals surface area contributed by atoms with Gasteiger partial charge in [0.05, 0.1) is 5.69 Å². The summed E-state index contributed by atoms with van der Waals surface area (Å²) >= 11 is 0. The monoisotopic (exact) mass is 291 g/mol. The molecule has 5 nitrogen and oxygen atoms in total. The van der Waals surface area contributed by atoms with Gasteiger partial charge in [0.25, 0.3) is 0 Å². The van der Waals surface area contributed by atoms with Crippen molar-refractivity contribution in [3.63, 3.8) is 0 Å². The van der Waals surface area contributed by atoms with Crippen LogP contribution in [0.4, 0.5) is 0 Å². The number of para-hydroxylation sites is 1. The fraction of sp³-hybridized carbons (Fsp3) is 0.0588. The normalized spacial score (nSPS) is 11.1. The SMILES string of the molecule is Cc1nc(-c2ccc3[nH]c(-c4ccccc4O)cc3c2)no1. The third kappa shape index (κ3) is 2.03. The van der Waals surface area contributed by atoms with Crippen molar-refractivity contribution in [1.29, 1.82) is 0 Å². The number of aromatic amines is 1. The average molecular weight is 291 g/mol. The van der Waals surface area contributed by atoms with E-state index in [-0.39, 0.29) is 5.75 Å². The first-order valence-corrected chi connectivity index (χ1v) is 6.92. The third-order valence-corrected chi connectivity index (χ3v) is 3.60. The lowest BCUT2D eigenvalue weighted by Gasteiger charge is -2.00. The maximum Gasteiger partial charge on any atom is 0.223 e. The molecule has 0 unspecified atom stereocenters. The summed E-state index contributed by atoms with van der Waals surface area (Å²) in [4.78, 5) is 7.55. The molecule has 4 rings (SSSR count). The number of rotatable bonds is 2. The Bertz CT molecular complexity index is 969. The molecule has 4 aromatic rings. The molecule has 0 aliphatic heterocycles. The van der Waals surface area contributed by atoms with Crippen LogP contribution in [0.25, 0.3) is 33.5 Å². The number of aryl methyl sites for hydroxylation is 1. The fourth-order valence-electron chi connectivity index (χ4n) is 2.53. The highest BCUT2D eigenvalue weighted by molar-refractivity contribution is 5.89. The van der Waals surface area contributed by atoms with Gasteiger partial charge in [0.1, 0.15) is 5.75 Å². The highest BCUT2D eigenvalue weighted by Gasteiger charge is 2.10. The van der Waals surface area contributed by atoms with Gasteiger partial charge in [-0.3, -0.25) is 0 Å². The van der Waals surface area contributed by atoms with Crippen LogP contribution < -0.4 is 0 Å². The number of H-pyrrole nitrogens is 1. The molecule has 2 N–H and O–H groups in total. The number of fused-ring (bicyclic) bond motifs is 1. The summed E-state index contributed by atoms with van der Waals surface area (Å²) < 4.78 is 5.02. The van der Waals surface area contributed by atoms with Crippen molar-refractivity contribution in [3.05, 3.63) is 54.4 Å². The number of aromatic nitrogens is 3. The van der Waals surface area contributed by atoms with Gasteiger partial charge in [-0.15, -0.1) is 0 Å². The Morgan fingerprint density at radius 2 is 1.95 bits per heavy atom. The Morgan fingerprint density at radius 3 is 2.73 bits per heavy atom. The molecule has 2 aromatic heterocycles. The van der Waals surface area contributed by atoms with Crippen molar-refractivity contribution in [2.24, 2.45) is 0 Å². The number of hydrogen-bond donors (Lipinski definition) is 2. The molecule has 0 bridgehead atoms. The van der Waals surface area contributed by atoms with E-state index in [2.05, 4.69) is 15.1 Å². The van der Waals surface area contributed by atoms with Crippen LogP contribution in [-0.4, -0.2) is 20.2 Å². The summed E-state index contributed by atoms with van der Waals surface area (Å²) in [5.41, 5.74) is 3.53. The summed E-state index contributed by atoms with van der Waals surface area (Å²) in [6.45, 7) is 1.77. The first-order chi connectivity index (χ1) is 10.7. The number of aromatic hydroxyl groups is 1. The first kappa shape index (κ1) is 12.6. The molecular formula is C17H13N3O2. The Labute approximate surface area is 126 Å². The van der Waals surface area contributed by atoms with Gasteiger partial charge in [-0.25, -0.2) is 0 Å². The molecule has 108 valence electrons. The molecule has 0 aliphatic rings. The Balaban J connectivity index is 1.83. The van der Waals surface area contributed by atoms with Gasteiger partial charge in [-0.2, -0.15) is 4.98 Å². The Hall–Kier alpha value is -3.08. The minimum Gasteiger partial charge on any atom is -0.507 e. The molecule has 2 aromatic carbocycles. The Kier molecular flexibility index (Phi) is 2.72. The second-order valence-electron chi connectivity index (χ2n) is 5.14. The van der Waals surface area contributed by atoms with E-state index in [9.17, 15) is 5.11 Å². The molecule has 5 heteroatoms. The minimum atomic E-state index is 0.253. The van der Waals surface area contributed by atoms with E-state index in [0.717, 1.165) is 27.7 Å². The smallest absolute Gasteiger partial charge is 0.223 e. The average Bonchev–Trinajstić information content (AvgIpc) is 3.12. The van der Waals surface area contributed by atoms with Crippen molar-refractivity contribution in [1.82, 2.24) is 15.1 Å². The molecule has 0 saturated carbocycles. The van der Waals surface area contributed by atoms with Crippen molar-refractivity contribution in [2.75, 3.05) is 0 Å². The van der Waals surface area contributed by atoms with Gasteiger partial charge >= 0.3 is 0 Å². The molecular weight excluding hydrogens is 278 g/mol. The van der Waals surface area contributed by atoms with Crippen molar-refractivity contribution < 1.29 is 9.63 Å². The zero-order valence-electron chi connectivity index (χ0n) is 11.9. The summed E-state index contributed by atoms with van der Waals surface area (Å²) in [6.07, 6.45) is 0. The van der Waals surface area contributed by atoms with Crippen molar-refractivity contribution in [3.8, 4) is 28.4 Å². The van der Waals surface area contributed by atoms with Gasteiger partial charge in [0, 0.05) is 29.0 Å². The number of hydrogen-bond acceptors (Lipinski definition) is 4. The molecule has 0 spiro atoms. The van der Waals surface area contributed by atoms with Crippen LogP contribution >= 0.6 is 0 Å². The van der Waals surface area contributed by atoms with Crippen LogP contribution in [0.2, 0.25) is 0 Å². The summed E-state index contributed by atoms with van der Waals surface area (Å²) in [7, 11) is 0. The lowest BCUT2D eigenvalue weighted by molar-refractivity contribution is 0.394. The van der Waals surface area contributed by atoms with E-state index in [1.54, 1.807) is 19.1 Å². The molecule has 2 heterocycles. The standard InChI is InChI=1S/C17H13N3O2/c1-10-18-17(20-22-10)11-6-7-14-12(8-11)9-15(19-14)13-4-2-3-5-16(13)21/h2-9,19,21H,1H3. The van der Waals surface area contributed by atoms with E-state index in [1.807, 2.05) is 36.4 Å². The molecule has 0 saturated heterocycles. The number of nitrogens with one attached hydrogen (secondary N) is 1. The zero-order chi connectivity index (χ0) is 15.1. The van der Waals surface area contributed by atoms with E-state index in [0.29, 0.717) is 11.7 Å². The second kappa shape index (κ2) is 4.73. The molecule has 22 heavy (non-hydrogen) atoms. The predicted molar refractivity (Wildman–Crippen MR) is 83.4 cm³/mol. The molecule has 0 fully saturated rings. The van der Waals surface area contributed by atoms with E-state index >= 15 is 0 Å². The summed E-state index contributed by atoms with van der Waals surface area (Å²) in [5.74, 6) is 1.37. The van der Waals surface area contributed by atoms with Crippen LogP contribution in [0.3, 0.4) is 0 Å². The third-order valence-electron chi connectivity index (χ3n) is 3.60. The second-order valence-corrected chi connectivity index (χ2v) is 5.14. The highest BCUT2D eigenvalue weighted by atomic mass is 16.5. The summed E-state index contributed by atoms with van der Waals surface area (Å²) in [5, 5.41) is 14.9. The lowest BCUT2D eigenvalue weighted by atomic mass is 10.1. The van der Waals surface area contributed by atoms with Gasteiger partial charge in [0.2, 0.25) is 11.7 Å². The molecule has 0 amide bonds. The predicted octanol–water partition coefficient (Wildman–Crippen LogP) is 3.90. The van der Waals surface area contributed by atoms with Gasteiger partial charge in [0.15, 0.2) is 0 Å². The van der Waals surface area contributed by atoms with Gasteiger partial charge in [-0.05, 0) is 36.4 Å². The number of nitrogens with zero attached hydrogens (tertiary/aromatic N) is 2. The molecule has 0 atom stereocenters. The van der Waals surface area contributed by atoms with Crippen molar-refractivity contribution >= 4 is 10.9 Å². The van der Waals surface area contributed by atoms with Gasteiger partial charge < -0.3 is 14.6 Å². The largest absolute Gasteiger partial charge is 0.507 e. The minimum absolute atomic E-state index is 0.253. The topological polar surface area (TPSA) is 74.9 Å². The first-order valence-electron chi connectivity index (χ1n) is 6.92. The van der Waals surface area contributed by atoms with Crippen LogP contribution in [0.1, 0.15) is 5.89 Å². The number of phenolic OH excluding ortho intramolecular Hbond substituents is 1. The van der Waals surface area contributed by atoms with E-state index in [1.165, 1.54) is 0 Å². The Morgan fingerprint density at radius 1 is 1.09 bits per heavy atom. The fourth-order valence-corrected chi connectivity index (χ4v) is 2.53. The lowest BCUT2D eigenvalue weighted by Crippen LogP contribution is -1.80. The maximum atomic E-state index is 9.97. The summed E-state index contributed by atoms with van der Waals surface area (Å²) in [6, 6.07) is 15.2. The van der Waals surface area contributed by atoms with Crippen LogP contribution in [0.15, 0.2) is 53.1 Å². The van der Waals surface area contributed by atoms with Gasteiger partial charge in [-0.1, -0.05) is 17.3 Å². The highest BCUT2D eigenvalue weighted by Crippen LogP contribution is 2.31. The van der Waals surface area contributed by atoms with Crippen LogP contribution in [0.5, 0.6) is 5.75 Å². The maximum absolute atomic E-state index is 9.97. The van der Waals surface area contributed by atoms with Crippen LogP contribution in [-0.2, 0) is 0 Å². The quantitative estimate of drug-likeness (QED) is 0.587. The number of phenols is 1. The van der Waals surface area contributed by atoms with Crippen LogP contribution in [0, 0.1) is 6.92 Å². The zero-order valence-corrected chi connectivity index (χ0v) is 11.9. The molecule has 0 radical (unpaired) electrons. The van der Waals surface area contributed by atoms with E-state index in [4.69, 9.17) is 4.52 Å². The molecule has 0 aliphatic carbocycles. The van der Waals surface area contributed by atoms with Crippen molar-refractivity contribution in [2.45, 2.75) is 6.92 Å².